The normalized spacial score (nSPS) is 21.4. The van der Waals surface area contributed by atoms with Crippen LogP contribution in [0, 0.1) is 0 Å². The van der Waals surface area contributed by atoms with Crippen LogP contribution < -0.4 is 0 Å². The quantitative estimate of drug-likeness (QED) is 0.597. The van der Waals surface area contributed by atoms with Gasteiger partial charge in [-0.25, -0.2) is 9.79 Å². The van der Waals surface area contributed by atoms with Gasteiger partial charge in [-0.1, -0.05) is 48.5 Å². The molecule has 0 fully saturated rings. The van der Waals surface area contributed by atoms with Crippen molar-refractivity contribution >= 4 is 11.9 Å². The maximum atomic E-state index is 12.6. The van der Waals surface area contributed by atoms with E-state index in [4.69, 9.17) is 14.2 Å². The van der Waals surface area contributed by atoms with E-state index in [0.29, 0.717) is 12.5 Å². The van der Waals surface area contributed by atoms with E-state index in [1.165, 1.54) is 0 Å². The number of cyclic esters (lactones) is 1. The molecule has 2 aromatic rings. The minimum absolute atomic E-state index is 0.309. The maximum Gasteiger partial charge on any atom is 0.344 e. The predicted molar refractivity (Wildman–Crippen MR) is 94.2 cm³/mol. The molecule has 1 aliphatic heterocycles. The Morgan fingerprint density at radius 3 is 2.36 bits per heavy atom. The number of esters is 1. The standard InChI is InChI=1S/C20H21NO4/c1-3-23-14(2)24-18-17(15-10-6-4-7-11-15)21-19(25-20(18)22)16-12-8-5-9-13-16/h4-14,17-18H,3H2,1-2H3. The van der Waals surface area contributed by atoms with E-state index in [2.05, 4.69) is 4.99 Å². The van der Waals surface area contributed by atoms with Crippen LogP contribution in [0.2, 0.25) is 0 Å². The Morgan fingerprint density at radius 1 is 1.08 bits per heavy atom. The highest BCUT2D eigenvalue weighted by Crippen LogP contribution is 2.30. The monoisotopic (exact) mass is 339 g/mol. The van der Waals surface area contributed by atoms with Crippen molar-refractivity contribution in [2.75, 3.05) is 6.61 Å². The molecule has 5 nitrogen and oxygen atoms in total. The molecule has 0 amide bonds. The number of hydrogen-bond acceptors (Lipinski definition) is 5. The summed E-state index contributed by atoms with van der Waals surface area (Å²) in [7, 11) is 0. The van der Waals surface area contributed by atoms with E-state index >= 15 is 0 Å². The smallest absolute Gasteiger partial charge is 0.344 e. The van der Waals surface area contributed by atoms with Gasteiger partial charge in [-0.15, -0.1) is 0 Å². The largest absolute Gasteiger partial charge is 0.405 e. The molecule has 2 aromatic carbocycles. The van der Waals surface area contributed by atoms with E-state index in [9.17, 15) is 4.79 Å². The Bertz CT molecular complexity index is 730. The van der Waals surface area contributed by atoms with Crippen molar-refractivity contribution < 1.29 is 19.0 Å². The van der Waals surface area contributed by atoms with Crippen LogP contribution in [0.25, 0.3) is 0 Å². The Morgan fingerprint density at radius 2 is 1.72 bits per heavy atom. The number of nitrogens with zero attached hydrogens (tertiary/aromatic N) is 1. The lowest BCUT2D eigenvalue weighted by Gasteiger charge is -2.30. The molecule has 0 spiro atoms. The summed E-state index contributed by atoms with van der Waals surface area (Å²) in [5, 5.41) is 0. The number of rotatable bonds is 6. The molecular formula is C20H21NO4. The van der Waals surface area contributed by atoms with Crippen molar-refractivity contribution in [2.45, 2.75) is 32.3 Å². The van der Waals surface area contributed by atoms with Gasteiger partial charge in [0.2, 0.25) is 5.90 Å². The molecule has 0 aromatic heterocycles. The zero-order chi connectivity index (χ0) is 17.6. The summed E-state index contributed by atoms with van der Waals surface area (Å²) in [6, 6.07) is 18.5. The second kappa shape index (κ2) is 8.05. The lowest BCUT2D eigenvalue weighted by molar-refractivity contribution is -0.187. The fraction of sp³-hybridized carbons (Fsp3) is 0.300. The van der Waals surface area contributed by atoms with E-state index in [0.717, 1.165) is 11.1 Å². The average molecular weight is 339 g/mol. The third-order valence-corrected chi connectivity index (χ3v) is 3.87. The lowest BCUT2D eigenvalue weighted by Crippen LogP contribution is -2.40. The maximum absolute atomic E-state index is 12.6. The van der Waals surface area contributed by atoms with Gasteiger partial charge in [0.25, 0.3) is 0 Å². The third-order valence-electron chi connectivity index (χ3n) is 3.87. The summed E-state index contributed by atoms with van der Waals surface area (Å²) in [6.45, 7) is 4.13. The summed E-state index contributed by atoms with van der Waals surface area (Å²) in [4.78, 5) is 17.3. The van der Waals surface area contributed by atoms with Crippen molar-refractivity contribution in [1.82, 2.24) is 0 Å². The van der Waals surface area contributed by atoms with Crippen LogP contribution in [0.1, 0.15) is 31.0 Å². The highest BCUT2D eigenvalue weighted by atomic mass is 16.7. The molecule has 25 heavy (non-hydrogen) atoms. The minimum atomic E-state index is -0.851. The summed E-state index contributed by atoms with van der Waals surface area (Å²) in [6.07, 6.45) is -1.38. The van der Waals surface area contributed by atoms with Crippen molar-refractivity contribution in [2.24, 2.45) is 4.99 Å². The van der Waals surface area contributed by atoms with Gasteiger partial charge in [0, 0.05) is 12.2 Å². The van der Waals surface area contributed by atoms with Crippen LogP contribution in [0.3, 0.4) is 0 Å². The second-order valence-corrected chi connectivity index (χ2v) is 5.66. The zero-order valence-corrected chi connectivity index (χ0v) is 14.3. The minimum Gasteiger partial charge on any atom is -0.405 e. The van der Waals surface area contributed by atoms with Gasteiger partial charge in [-0.3, -0.25) is 0 Å². The van der Waals surface area contributed by atoms with Crippen molar-refractivity contribution in [3.63, 3.8) is 0 Å². The van der Waals surface area contributed by atoms with E-state index in [1.54, 1.807) is 6.92 Å². The van der Waals surface area contributed by atoms with Gasteiger partial charge in [0.1, 0.15) is 6.04 Å². The molecular weight excluding hydrogens is 318 g/mol. The fourth-order valence-electron chi connectivity index (χ4n) is 2.73. The molecule has 3 unspecified atom stereocenters. The first-order valence-electron chi connectivity index (χ1n) is 8.36. The average Bonchev–Trinajstić information content (AvgIpc) is 2.65. The molecule has 130 valence electrons. The predicted octanol–water partition coefficient (Wildman–Crippen LogP) is 3.50. The van der Waals surface area contributed by atoms with Crippen LogP contribution in [0.5, 0.6) is 0 Å². The third kappa shape index (κ3) is 4.13. The highest BCUT2D eigenvalue weighted by molar-refractivity contribution is 6.03. The number of benzene rings is 2. The first-order valence-corrected chi connectivity index (χ1v) is 8.36. The Hall–Kier alpha value is -2.50. The van der Waals surface area contributed by atoms with Crippen LogP contribution >= 0.6 is 0 Å². The molecule has 5 heteroatoms. The molecule has 0 saturated carbocycles. The molecule has 0 aliphatic carbocycles. The molecule has 0 saturated heterocycles. The number of carbonyl (C=O) groups excluding carboxylic acids is 1. The van der Waals surface area contributed by atoms with Gasteiger partial charge < -0.3 is 14.2 Å². The topological polar surface area (TPSA) is 57.1 Å². The number of carbonyl (C=O) groups is 1. The molecule has 1 heterocycles. The van der Waals surface area contributed by atoms with Crippen LogP contribution in [-0.4, -0.2) is 30.9 Å². The van der Waals surface area contributed by atoms with Gasteiger partial charge in [-0.05, 0) is 31.5 Å². The van der Waals surface area contributed by atoms with Crippen molar-refractivity contribution in [3.05, 3.63) is 71.8 Å². The van der Waals surface area contributed by atoms with Gasteiger partial charge >= 0.3 is 5.97 Å². The van der Waals surface area contributed by atoms with E-state index in [1.807, 2.05) is 67.6 Å². The van der Waals surface area contributed by atoms with Gasteiger partial charge in [0.05, 0.1) is 0 Å². The van der Waals surface area contributed by atoms with Crippen molar-refractivity contribution in [1.29, 1.82) is 0 Å². The SMILES string of the molecule is CCOC(C)OC1C(=O)OC(c2ccccc2)=NC1c1ccccc1. The zero-order valence-electron chi connectivity index (χ0n) is 14.3. The summed E-state index contributed by atoms with van der Waals surface area (Å²) >= 11 is 0. The highest BCUT2D eigenvalue weighted by Gasteiger charge is 2.38. The summed E-state index contributed by atoms with van der Waals surface area (Å²) in [5.41, 5.74) is 1.65. The molecule has 3 rings (SSSR count). The number of ether oxygens (including phenoxy) is 3. The first-order chi connectivity index (χ1) is 12.2. The first kappa shape index (κ1) is 17.3. The summed E-state index contributed by atoms with van der Waals surface area (Å²) < 4.78 is 16.6. The van der Waals surface area contributed by atoms with Crippen LogP contribution in [0.15, 0.2) is 65.7 Å². The summed E-state index contributed by atoms with van der Waals surface area (Å²) in [5.74, 6) is -0.155. The Kier molecular flexibility index (Phi) is 5.58. The number of aliphatic imine (C=N–C) groups is 1. The van der Waals surface area contributed by atoms with Gasteiger partial charge in [-0.2, -0.15) is 0 Å². The molecule has 0 radical (unpaired) electrons. The molecule has 1 aliphatic rings. The molecule has 0 N–H and O–H groups in total. The van der Waals surface area contributed by atoms with Crippen molar-refractivity contribution in [3.8, 4) is 0 Å². The van der Waals surface area contributed by atoms with Crippen LogP contribution in [0.4, 0.5) is 0 Å². The Balaban J connectivity index is 1.95. The number of hydrogen-bond donors (Lipinski definition) is 0. The second-order valence-electron chi connectivity index (χ2n) is 5.66. The Labute approximate surface area is 147 Å². The fourth-order valence-corrected chi connectivity index (χ4v) is 2.73. The lowest BCUT2D eigenvalue weighted by atomic mass is 10.0. The van der Waals surface area contributed by atoms with E-state index < -0.39 is 24.4 Å². The molecule has 0 bridgehead atoms. The van der Waals surface area contributed by atoms with E-state index in [-0.39, 0.29) is 0 Å². The molecule has 3 atom stereocenters. The van der Waals surface area contributed by atoms with Gasteiger partial charge in [0.15, 0.2) is 12.4 Å². The van der Waals surface area contributed by atoms with Crippen LogP contribution in [-0.2, 0) is 19.0 Å².